The Labute approximate surface area is 207 Å². The van der Waals surface area contributed by atoms with Gasteiger partial charge in [0.2, 0.25) is 0 Å². The van der Waals surface area contributed by atoms with Gasteiger partial charge in [0, 0.05) is 35.9 Å². The molecule has 0 fully saturated rings. The van der Waals surface area contributed by atoms with E-state index in [0.717, 1.165) is 24.2 Å². The van der Waals surface area contributed by atoms with E-state index in [0.29, 0.717) is 22.7 Å². The van der Waals surface area contributed by atoms with Gasteiger partial charge < -0.3 is 14.6 Å². The number of hydrogen-bond donors (Lipinski definition) is 1. The van der Waals surface area contributed by atoms with Crippen LogP contribution in [-0.2, 0) is 5.54 Å². The second-order valence-corrected chi connectivity index (χ2v) is 9.62. The van der Waals surface area contributed by atoms with Gasteiger partial charge in [-0.05, 0) is 81.4 Å². The molecule has 1 unspecified atom stereocenters. The van der Waals surface area contributed by atoms with Gasteiger partial charge in [-0.25, -0.2) is 13.9 Å². The molecule has 0 saturated carbocycles. The average Bonchev–Trinajstić information content (AvgIpc) is 3.31. The van der Waals surface area contributed by atoms with Crippen molar-refractivity contribution in [1.82, 2.24) is 20.2 Å². The maximum atomic E-state index is 13.8. The number of hydrogen-bond acceptors (Lipinski definition) is 7. The fourth-order valence-corrected chi connectivity index (χ4v) is 4.17. The minimum atomic E-state index is -0.783. The van der Waals surface area contributed by atoms with E-state index in [-0.39, 0.29) is 5.02 Å². The predicted molar refractivity (Wildman–Crippen MR) is 136 cm³/mol. The molecule has 10 heteroatoms. The van der Waals surface area contributed by atoms with Crippen LogP contribution in [-0.4, -0.2) is 33.3 Å². The minimum absolute atomic E-state index is 0.0429. The number of anilines is 2. The van der Waals surface area contributed by atoms with Crippen LogP contribution in [0.25, 0.3) is 11.0 Å². The lowest BCUT2D eigenvalue weighted by atomic mass is 10.0. The Bertz CT molecular complexity index is 1410. The van der Waals surface area contributed by atoms with Gasteiger partial charge in [-0.2, -0.15) is 0 Å². The number of tetrazole rings is 1. The molecule has 0 aliphatic heterocycles. The van der Waals surface area contributed by atoms with Crippen molar-refractivity contribution in [3.05, 3.63) is 75.1 Å². The largest absolute Gasteiger partial charge is 0.422 e. The number of rotatable bonds is 7. The second-order valence-electron chi connectivity index (χ2n) is 9.21. The first-order valence-electron chi connectivity index (χ1n) is 11.5. The molecule has 2 aromatic carbocycles. The highest BCUT2D eigenvalue weighted by atomic mass is 35.5. The number of halogens is 2. The Balaban J connectivity index is 1.86. The summed E-state index contributed by atoms with van der Waals surface area (Å²) < 4.78 is 21.2. The van der Waals surface area contributed by atoms with E-state index in [2.05, 4.69) is 39.6 Å². The van der Waals surface area contributed by atoms with E-state index in [4.69, 9.17) is 16.0 Å². The van der Waals surface area contributed by atoms with Gasteiger partial charge in [-0.15, -0.1) is 5.10 Å². The fourth-order valence-electron chi connectivity index (χ4n) is 3.99. The monoisotopic (exact) mass is 498 g/mol. The number of nitrogens with zero attached hydrogens (tertiary/aromatic N) is 5. The van der Waals surface area contributed by atoms with Crippen molar-refractivity contribution in [3.8, 4) is 0 Å². The third kappa shape index (κ3) is 5.00. The van der Waals surface area contributed by atoms with E-state index in [9.17, 15) is 9.18 Å². The van der Waals surface area contributed by atoms with E-state index in [1.165, 1.54) is 12.1 Å². The zero-order valence-electron chi connectivity index (χ0n) is 20.3. The Morgan fingerprint density at radius 3 is 2.54 bits per heavy atom. The summed E-state index contributed by atoms with van der Waals surface area (Å²) in [6.45, 7) is 11.7. The molecule has 0 radical (unpaired) electrons. The summed E-state index contributed by atoms with van der Waals surface area (Å²) in [5, 5.41) is 16.2. The second kappa shape index (κ2) is 9.65. The quantitative estimate of drug-likeness (QED) is 0.342. The molecule has 1 atom stereocenters. The van der Waals surface area contributed by atoms with Crippen LogP contribution in [0.4, 0.5) is 15.8 Å². The van der Waals surface area contributed by atoms with Gasteiger partial charge in [0.15, 0.2) is 5.82 Å². The van der Waals surface area contributed by atoms with Gasteiger partial charge in [0.25, 0.3) is 0 Å². The predicted octanol–water partition coefficient (Wildman–Crippen LogP) is 5.37. The van der Waals surface area contributed by atoms with Crippen molar-refractivity contribution in [2.45, 2.75) is 46.2 Å². The summed E-state index contributed by atoms with van der Waals surface area (Å²) in [5.74, 6) is -0.133. The Morgan fingerprint density at radius 2 is 1.89 bits per heavy atom. The van der Waals surface area contributed by atoms with Crippen LogP contribution in [0.2, 0.25) is 5.02 Å². The fraction of sp³-hybridized carbons (Fsp3) is 0.360. The summed E-state index contributed by atoms with van der Waals surface area (Å²) in [7, 11) is 0. The molecule has 4 aromatic rings. The van der Waals surface area contributed by atoms with Gasteiger partial charge in [-0.1, -0.05) is 11.6 Å². The number of aromatic nitrogens is 4. The summed E-state index contributed by atoms with van der Waals surface area (Å²) in [6, 6.07) is 11.0. The SMILES string of the molecule is CCN(CC)c1ccc2cc(C(Nc3ccc(F)c(Cl)c3)c3nnnn3C(C)(C)C)c(=O)oc2c1. The zero-order valence-corrected chi connectivity index (χ0v) is 21.1. The molecule has 0 aliphatic rings. The van der Waals surface area contributed by atoms with Crippen LogP contribution >= 0.6 is 11.6 Å². The van der Waals surface area contributed by atoms with Crippen molar-refractivity contribution < 1.29 is 8.81 Å². The molecule has 4 rings (SSSR count). The molecule has 0 aliphatic carbocycles. The highest BCUT2D eigenvalue weighted by Gasteiger charge is 2.30. The van der Waals surface area contributed by atoms with E-state index in [1.54, 1.807) is 16.8 Å². The molecular weight excluding hydrogens is 471 g/mol. The Kier molecular flexibility index (Phi) is 6.80. The average molecular weight is 499 g/mol. The summed E-state index contributed by atoms with van der Waals surface area (Å²) in [6.07, 6.45) is 0. The van der Waals surface area contributed by atoms with Crippen LogP contribution in [0.1, 0.15) is 52.0 Å². The van der Waals surface area contributed by atoms with Crippen LogP contribution in [0.5, 0.6) is 0 Å². The van der Waals surface area contributed by atoms with E-state index >= 15 is 0 Å². The molecular formula is C25H28ClFN6O2. The summed E-state index contributed by atoms with van der Waals surface area (Å²) >= 11 is 6.00. The molecule has 8 nitrogen and oxygen atoms in total. The summed E-state index contributed by atoms with van der Waals surface area (Å²) in [4.78, 5) is 15.5. The first-order valence-corrected chi connectivity index (χ1v) is 11.8. The molecule has 0 bridgehead atoms. The summed E-state index contributed by atoms with van der Waals surface area (Å²) in [5.41, 5.74) is 1.29. The van der Waals surface area contributed by atoms with Crippen molar-refractivity contribution in [2.24, 2.45) is 0 Å². The van der Waals surface area contributed by atoms with Crippen LogP contribution in [0.3, 0.4) is 0 Å². The number of fused-ring (bicyclic) bond motifs is 1. The normalized spacial score (nSPS) is 12.7. The van der Waals surface area contributed by atoms with Crippen molar-refractivity contribution in [1.29, 1.82) is 0 Å². The Morgan fingerprint density at radius 1 is 1.14 bits per heavy atom. The van der Waals surface area contributed by atoms with Crippen LogP contribution in [0.15, 0.2) is 51.7 Å². The zero-order chi connectivity index (χ0) is 25.3. The van der Waals surface area contributed by atoms with Gasteiger partial charge in [0.05, 0.1) is 16.1 Å². The van der Waals surface area contributed by atoms with Crippen molar-refractivity contribution >= 4 is 33.9 Å². The molecule has 35 heavy (non-hydrogen) atoms. The molecule has 1 N–H and O–H groups in total. The molecule has 2 aromatic heterocycles. The molecule has 0 amide bonds. The Hall–Kier alpha value is -3.46. The smallest absolute Gasteiger partial charge is 0.342 e. The molecule has 0 spiro atoms. The highest BCUT2D eigenvalue weighted by molar-refractivity contribution is 6.31. The number of benzene rings is 2. The molecule has 2 heterocycles. The molecule has 184 valence electrons. The van der Waals surface area contributed by atoms with Crippen molar-refractivity contribution in [2.75, 3.05) is 23.3 Å². The lowest BCUT2D eigenvalue weighted by Gasteiger charge is -2.25. The van der Waals surface area contributed by atoms with E-state index in [1.807, 2.05) is 39.0 Å². The lowest BCUT2D eigenvalue weighted by molar-refractivity contribution is 0.332. The van der Waals surface area contributed by atoms with Gasteiger partial charge >= 0.3 is 5.63 Å². The standard InChI is InChI=1S/C25H28ClFN6O2/c1-6-32(7-2)17-10-8-15-12-18(24(34)35-21(15)14-17)22(23-29-30-31-33(23)25(3,4)5)28-16-9-11-20(27)19(26)13-16/h8-14,22,28H,6-7H2,1-5H3. The van der Waals surface area contributed by atoms with Crippen LogP contribution < -0.4 is 15.8 Å². The lowest BCUT2D eigenvalue weighted by Crippen LogP contribution is -2.31. The topological polar surface area (TPSA) is 89.1 Å². The third-order valence-electron chi connectivity index (χ3n) is 5.80. The maximum Gasteiger partial charge on any atom is 0.342 e. The highest BCUT2D eigenvalue weighted by Crippen LogP contribution is 2.30. The minimum Gasteiger partial charge on any atom is -0.422 e. The maximum absolute atomic E-state index is 13.8. The van der Waals surface area contributed by atoms with Crippen LogP contribution in [0, 0.1) is 5.82 Å². The number of nitrogens with one attached hydrogen (secondary N) is 1. The van der Waals surface area contributed by atoms with Crippen molar-refractivity contribution in [3.63, 3.8) is 0 Å². The van der Waals surface area contributed by atoms with E-state index < -0.39 is 23.0 Å². The first-order chi connectivity index (χ1) is 16.6. The third-order valence-corrected chi connectivity index (χ3v) is 6.09. The first kappa shape index (κ1) is 24.7. The van der Waals surface area contributed by atoms with Gasteiger partial charge in [-0.3, -0.25) is 0 Å². The molecule has 0 saturated heterocycles. The van der Waals surface area contributed by atoms with Gasteiger partial charge in [0.1, 0.15) is 17.4 Å².